The maximum Gasteiger partial charge on any atom is 0.310 e. The van der Waals surface area contributed by atoms with Crippen molar-refractivity contribution in [3.05, 3.63) is 82.9 Å². The quantitative estimate of drug-likeness (QED) is 0.365. The Bertz CT molecular complexity index is 1440. The summed E-state index contributed by atoms with van der Waals surface area (Å²) in [5.41, 5.74) is 3.18. The van der Waals surface area contributed by atoms with Crippen molar-refractivity contribution in [2.24, 2.45) is 11.8 Å². The first kappa shape index (κ1) is 24.7. The summed E-state index contributed by atoms with van der Waals surface area (Å²) in [4.78, 5) is 26.4. The van der Waals surface area contributed by atoms with Crippen LogP contribution in [0.3, 0.4) is 0 Å². The normalized spacial score (nSPS) is 22.7. The van der Waals surface area contributed by atoms with Crippen molar-refractivity contribution < 1.29 is 38.4 Å². The van der Waals surface area contributed by atoms with E-state index < -0.39 is 17.9 Å². The van der Waals surface area contributed by atoms with Gasteiger partial charge in [-0.25, -0.2) is 0 Å². The minimum absolute atomic E-state index is 0.0789. The molecule has 0 saturated carbocycles. The fraction of sp³-hybridized carbons (Fsp3) is 0.267. The summed E-state index contributed by atoms with van der Waals surface area (Å²) in [5.74, 6) is -0.679. The maximum absolute atomic E-state index is 13.2. The van der Waals surface area contributed by atoms with Crippen LogP contribution in [0.2, 0.25) is 0 Å². The summed E-state index contributed by atoms with van der Waals surface area (Å²) in [7, 11) is 2.90. The number of carbonyl (C=O) groups excluding carboxylic acids is 2. The van der Waals surface area contributed by atoms with Crippen molar-refractivity contribution in [3.63, 3.8) is 0 Å². The number of phenolic OH excluding ortho intramolecular Hbond substituents is 1. The molecule has 3 aromatic rings. The zero-order valence-electron chi connectivity index (χ0n) is 21.4. The van der Waals surface area contributed by atoms with E-state index in [0.717, 1.165) is 16.7 Å². The zero-order valence-corrected chi connectivity index (χ0v) is 21.4. The molecule has 4 atom stereocenters. The fourth-order valence-electron chi connectivity index (χ4n) is 5.78. The molecule has 6 rings (SSSR count). The van der Waals surface area contributed by atoms with Crippen molar-refractivity contribution in [1.82, 2.24) is 5.32 Å². The lowest BCUT2D eigenvalue weighted by atomic mass is 9.65. The molecule has 9 nitrogen and oxygen atoms in total. The largest absolute Gasteiger partial charge is 0.502 e. The highest BCUT2D eigenvalue weighted by molar-refractivity contribution is 5.92. The average molecular weight is 530 g/mol. The van der Waals surface area contributed by atoms with E-state index >= 15 is 0 Å². The second-order valence-electron chi connectivity index (χ2n) is 9.64. The van der Waals surface area contributed by atoms with Crippen molar-refractivity contribution in [2.75, 3.05) is 27.6 Å². The van der Waals surface area contributed by atoms with Gasteiger partial charge in [-0.05, 0) is 52.6 Å². The summed E-state index contributed by atoms with van der Waals surface area (Å²) in [6.45, 7) is 0.225. The Kier molecular flexibility index (Phi) is 6.26. The molecule has 1 saturated heterocycles. The van der Waals surface area contributed by atoms with E-state index in [0.29, 0.717) is 17.1 Å². The average Bonchev–Trinajstić information content (AvgIpc) is 3.58. The lowest BCUT2D eigenvalue weighted by Gasteiger charge is -2.39. The van der Waals surface area contributed by atoms with Crippen molar-refractivity contribution in [2.45, 2.75) is 12.0 Å². The molecule has 3 aliphatic rings. The van der Waals surface area contributed by atoms with Gasteiger partial charge in [0.1, 0.15) is 0 Å². The third kappa shape index (κ3) is 4.29. The van der Waals surface area contributed by atoms with Gasteiger partial charge >= 0.3 is 5.97 Å². The summed E-state index contributed by atoms with van der Waals surface area (Å²) >= 11 is 0. The van der Waals surface area contributed by atoms with Crippen LogP contribution in [-0.4, -0.2) is 44.6 Å². The van der Waals surface area contributed by atoms with Crippen LogP contribution in [0, 0.1) is 11.8 Å². The van der Waals surface area contributed by atoms with Gasteiger partial charge in [-0.3, -0.25) is 9.59 Å². The number of amides is 1. The van der Waals surface area contributed by atoms with Crippen LogP contribution >= 0.6 is 0 Å². The number of aromatic hydroxyl groups is 1. The summed E-state index contributed by atoms with van der Waals surface area (Å²) in [6, 6.07) is 16.1. The lowest BCUT2D eigenvalue weighted by Crippen LogP contribution is -2.42. The van der Waals surface area contributed by atoms with E-state index in [1.54, 1.807) is 18.2 Å². The monoisotopic (exact) mass is 529 g/mol. The molecule has 200 valence electrons. The second kappa shape index (κ2) is 9.90. The molecule has 9 heteroatoms. The SMILES string of the molecule is COc1cc([C@@H]2c3cc4c(cc3[C@@H](NC(=O)/C=C/c3ccccc3)[C@H]3COC(=O)[C@H]23)OCO4)cc(OC)c1O. The van der Waals surface area contributed by atoms with Crippen molar-refractivity contribution >= 4 is 18.0 Å². The van der Waals surface area contributed by atoms with E-state index in [1.165, 1.54) is 20.3 Å². The van der Waals surface area contributed by atoms with Gasteiger partial charge in [0.05, 0.1) is 32.8 Å². The number of cyclic esters (lactones) is 1. The number of hydrogen-bond acceptors (Lipinski definition) is 8. The molecular formula is C30H27NO8. The number of carbonyl (C=O) groups is 2. The Morgan fingerprint density at radius 2 is 1.64 bits per heavy atom. The van der Waals surface area contributed by atoms with E-state index in [9.17, 15) is 14.7 Å². The molecule has 0 unspecified atom stereocenters. The molecule has 1 amide bonds. The maximum atomic E-state index is 13.2. The van der Waals surface area contributed by atoms with Crippen LogP contribution in [0.25, 0.3) is 6.08 Å². The second-order valence-corrected chi connectivity index (χ2v) is 9.64. The van der Waals surface area contributed by atoms with Crippen LogP contribution in [0.4, 0.5) is 0 Å². The highest BCUT2D eigenvalue weighted by Crippen LogP contribution is 2.55. The molecule has 3 aromatic carbocycles. The van der Waals surface area contributed by atoms with Crippen LogP contribution in [-0.2, 0) is 14.3 Å². The van der Waals surface area contributed by atoms with Crippen LogP contribution in [0.5, 0.6) is 28.7 Å². The van der Waals surface area contributed by atoms with Gasteiger partial charge in [0.15, 0.2) is 23.0 Å². The Morgan fingerprint density at radius 1 is 0.974 bits per heavy atom. The Labute approximate surface area is 224 Å². The van der Waals surface area contributed by atoms with Gasteiger partial charge < -0.3 is 34.1 Å². The van der Waals surface area contributed by atoms with E-state index in [4.69, 9.17) is 23.7 Å². The molecular weight excluding hydrogens is 502 g/mol. The molecule has 0 bridgehead atoms. The number of methoxy groups -OCH3 is 2. The first-order chi connectivity index (χ1) is 19.0. The van der Waals surface area contributed by atoms with Crippen LogP contribution < -0.4 is 24.3 Å². The minimum Gasteiger partial charge on any atom is -0.502 e. The molecule has 2 heterocycles. The molecule has 0 radical (unpaired) electrons. The van der Waals surface area contributed by atoms with E-state index in [1.807, 2.05) is 42.5 Å². The fourth-order valence-corrected chi connectivity index (χ4v) is 5.78. The number of fused-ring (bicyclic) bond motifs is 3. The molecule has 0 aromatic heterocycles. The predicted molar refractivity (Wildman–Crippen MR) is 140 cm³/mol. The lowest BCUT2D eigenvalue weighted by molar-refractivity contribution is -0.141. The first-order valence-electron chi connectivity index (χ1n) is 12.6. The highest BCUT2D eigenvalue weighted by atomic mass is 16.7. The number of ether oxygens (including phenoxy) is 5. The zero-order chi connectivity index (χ0) is 27.1. The third-order valence-electron chi connectivity index (χ3n) is 7.57. The molecule has 1 aliphatic carbocycles. The topological polar surface area (TPSA) is 113 Å². The van der Waals surface area contributed by atoms with Gasteiger partial charge in [-0.1, -0.05) is 30.3 Å². The Hall–Kier alpha value is -4.66. The van der Waals surface area contributed by atoms with Gasteiger partial charge in [0.2, 0.25) is 18.4 Å². The Morgan fingerprint density at radius 3 is 2.31 bits per heavy atom. The summed E-state index contributed by atoms with van der Waals surface area (Å²) in [5, 5.41) is 13.6. The van der Waals surface area contributed by atoms with Crippen LogP contribution in [0.15, 0.2) is 60.7 Å². The van der Waals surface area contributed by atoms with Crippen molar-refractivity contribution in [3.8, 4) is 28.7 Å². The number of nitrogens with one attached hydrogen (secondary N) is 1. The molecule has 0 spiro atoms. The number of benzene rings is 3. The number of hydrogen-bond donors (Lipinski definition) is 2. The molecule has 2 aliphatic heterocycles. The molecule has 2 N–H and O–H groups in total. The van der Waals surface area contributed by atoms with E-state index in [2.05, 4.69) is 5.32 Å². The smallest absolute Gasteiger partial charge is 0.310 e. The van der Waals surface area contributed by atoms with Gasteiger partial charge in [-0.2, -0.15) is 0 Å². The predicted octanol–water partition coefficient (Wildman–Crippen LogP) is 3.94. The molecule has 39 heavy (non-hydrogen) atoms. The number of rotatable bonds is 6. The standard InChI is InChI=1S/C30H27NO8/c1-35-23-10-17(11-24(36-2)29(23)33)26-18-12-21-22(39-15-38-21)13-19(18)28(20-14-37-30(34)27(20)26)31-25(32)9-8-16-6-4-3-5-7-16/h3-13,20,26-28,33H,14-15H2,1-2H3,(H,31,32)/b9-8+/t20-,26+,27-,28+/m0/s1. The number of phenols is 1. The summed E-state index contributed by atoms with van der Waals surface area (Å²) < 4.78 is 27.7. The first-order valence-corrected chi connectivity index (χ1v) is 12.6. The van der Waals surface area contributed by atoms with Crippen molar-refractivity contribution in [1.29, 1.82) is 0 Å². The molecule has 1 fully saturated rings. The highest BCUT2D eigenvalue weighted by Gasteiger charge is 2.53. The minimum atomic E-state index is -0.611. The third-order valence-corrected chi connectivity index (χ3v) is 7.57. The van der Waals surface area contributed by atoms with Gasteiger partial charge in [0.25, 0.3) is 0 Å². The Balaban J connectivity index is 1.46. The van der Waals surface area contributed by atoms with Gasteiger partial charge in [-0.15, -0.1) is 0 Å². The number of esters is 1. The van der Waals surface area contributed by atoms with Crippen LogP contribution in [0.1, 0.15) is 34.2 Å². The van der Waals surface area contributed by atoms with Gasteiger partial charge in [0, 0.05) is 17.9 Å². The summed E-state index contributed by atoms with van der Waals surface area (Å²) in [6.07, 6.45) is 3.22. The van der Waals surface area contributed by atoms with E-state index in [-0.39, 0.29) is 48.4 Å².